The van der Waals surface area contributed by atoms with Gasteiger partial charge in [-0.2, -0.15) is 0 Å². The van der Waals surface area contributed by atoms with E-state index in [0.717, 1.165) is 21.1 Å². The lowest BCUT2D eigenvalue weighted by Gasteiger charge is -2.12. The Labute approximate surface area is 126 Å². The van der Waals surface area contributed by atoms with Gasteiger partial charge in [0, 0.05) is 22.9 Å². The molecule has 0 aliphatic rings. The van der Waals surface area contributed by atoms with Gasteiger partial charge in [0.15, 0.2) is 0 Å². The Morgan fingerprint density at radius 3 is 2.37 bits per heavy atom. The van der Waals surface area contributed by atoms with Gasteiger partial charge in [0.25, 0.3) is 0 Å². The number of hydrogen-bond acceptors (Lipinski definition) is 4. The number of rotatable bonds is 5. The second-order valence-corrected chi connectivity index (χ2v) is 6.08. The van der Waals surface area contributed by atoms with E-state index in [2.05, 4.69) is 51.1 Å². The van der Waals surface area contributed by atoms with Crippen LogP contribution in [0.1, 0.15) is 25.5 Å². The summed E-state index contributed by atoms with van der Waals surface area (Å²) in [5.41, 5.74) is 1.20. The highest BCUT2D eigenvalue weighted by atomic mass is 79.9. The van der Waals surface area contributed by atoms with Gasteiger partial charge in [0.2, 0.25) is 0 Å². The highest BCUT2D eigenvalue weighted by Gasteiger charge is 2.05. The van der Waals surface area contributed by atoms with E-state index in [1.165, 1.54) is 5.56 Å². The van der Waals surface area contributed by atoms with Crippen LogP contribution in [0.15, 0.2) is 51.2 Å². The molecule has 0 saturated carbocycles. The molecule has 0 spiro atoms. The normalized spacial score (nSPS) is 12.4. The summed E-state index contributed by atoms with van der Waals surface area (Å²) in [6, 6.07) is 8.45. The summed E-state index contributed by atoms with van der Waals surface area (Å²) >= 11 is 4.94. The fourth-order valence-electron chi connectivity index (χ4n) is 1.66. The number of pyridine rings is 2. The molecule has 5 heteroatoms. The molecule has 19 heavy (non-hydrogen) atoms. The zero-order chi connectivity index (χ0) is 13.7. The standard InChI is InChI=1S/C14H16BrN3S/c1-3-16-10(2)11-4-6-13(17-8-11)19-14-7-5-12(15)9-18-14/h4-10,16H,3H2,1-2H3. The molecular weight excluding hydrogens is 322 g/mol. The van der Waals surface area contributed by atoms with Gasteiger partial charge in [-0.05, 0) is 53.2 Å². The summed E-state index contributed by atoms with van der Waals surface area (Å²) in [4.78, 5) is 8.80. The molecule has 1 unspecified atom stereocenters. The zero-order valence-corrected chi connectivity index (χ0v) is 13.3. The Bertz CT molecular complexity index is 513. The minimum Gasteiger partial charge on any atom is -0.310 e. The van der Waals surface area contributed by atoms with Gasteiger partial charge >= 0.3 is 0 Å². The first-order valence-corrected chi connectivity index (χ1v) is 7.78. The van der Waals surface area contributed by atoms with Crippen molar-refractivity contribution in [2.45, 2.75) is 29.9 Å². The summed E-state index contributed by atoms with van der Waals surface area (Å²) in [7, 11) is 0. The summed E-state index contributed by atoms with van der Waals surface area (Å²) in [5, 5.41) is 5.28. The molecule has 1 atom stereocenters. The third kappa shape index (κ3) is 4.30. The van der Waals surface area contributed by atoms with E-state index >= 15 is 0 Å². The van der Waals surface area contributed by atoms with Crippen LogP contribution < -0.4 is 5.32 Å². The average Bonchev–Trinajstić information content (AvgIpc) is 2.42. The summed E-state index contributed by atoms with van der Waals surface area (Å²) in [6.07, 6.45) is 3.72. The second kappa shape index (κ2) is 7.03. The predicted octanol–water partition coefficient (Wildman–Crippen LogP) is 4.06. The van der Waals surface area contributed by atoms with E-state index in [0.29, 0.717) is 6.04 Å². The molecule has 0 fully saturated rings. The van der Waals surface area contributed by atoms with Crippen molar-refractivity contribution in [1.29, 1.82) is 0 Å². The second-order valence-electron chi connectivity index (χ2n) is 4.13. The Kier molecular flexibility index (Phi) is 5.36. The van der Waals surface area contributed by atoms with Crippen LogP contribution in [-0.4, -0.2) is 16.5 Å². The van der Waals surface area contributed by atoms with E-state index in [-0.39, 0.29) is 0 Å². The molecule has 3 nitrogen and oxygen atoms in total. The number of nitrogens with zero attached hydrogens (tertiary/aromatic N) is 2. The first-order valence-electron chi connectivity index (χ1n) is 6.17. The van der Waals surface area contributed by atoms with Gasteiger partial charge in [-0.1, -0.05) is 24.8 Å². The quantitative estimate of drug-likeness (QED) is 0.892. The lowest BCUT2D eigenvalue weighted by molar-refractivity contribution is 0.595. The molecule has 0 bridgehead atoms. The van der Waals surface area contributed by atoms with E-state index in [4.69, 9.17) is 0 Å². The largest absolute Gasteiger partial charge is 0.310 e. The van der Waals surface area contributed by atoms with E-state index in [9.17, 15) is 0 Å². The van der Waals surface area contributed by atoms with Crippen LogP contribution in [-0.2, 0) is 0 Å². The van der Waals surface area contributed by atoms with E-state index in [1.807, 2.05) is 24.4 Å². The highest BCUT2D eigenvalue weighted by Crippen LogP contribution is 2.25. The lowest BCUT2D eigenvalue weighted by atomic mass is 10.1. The molecule has 0 saturated heterocycles. The number of aromatic nitrogens is 2. The molecular formula is C14H16BrN3S. The van der Waals surface area contributed by atoms with Crippen LogP contribution >= 0.6 is 27.7 Å². The van der Waals surface area contributed by atoms with E-state index < -0.39 is 0 Å². The van der Waals surface area contributed by atoms with Crippen molar-refractivity contribution >= 4 is 27.7 Å². The number of halogens is 1. The monoisotopic (exact) mass is 337 g/mol. The molecule has 2 rings (SSSR count). The molecule has 2 heterocycles. The Morgan fingerprint density at radius 2 is 1.84 bits per heavy atom. The van der Waals surface area contributed by atoms with Crippen LogP contribution in [0, 0.1) is 0 Å². The summed E-state index contributed by atoms with van der Waals surface area (Å²) in [5.74, 6) is 0. The first-order chi connectivity index (χ1) is 9.19. The van der Waals surface area contributed by atoms with Crippen molar-refractivity contribution in [1.82, 2.24) is 15.3 Å². The Hall–Kier alpha value is -0.910. The Balaban J connectivity index is 2.04. The molecule has 2 aromatic heterocycles. The van der Waals surface area contributed by atoms with Gasteiger partial charge in [0.1, 0.15) is 10.1 Å². The molecule has 0 amide bonds. The molecule has 0 aliphatic heterocycles. The molecule has 0 aliphatic carbocycles. The highest BCUT2D eigenvalue weighted by molar-refractivity contribution is 9.10. The molecule has 100 valence electrons. The van der Waals surface area contributed by atoms with Crippen molar-refractivity contribution in [3.63, 3.8) is 0 Å². The van der Waals surface area contributed by atoms with Gasteiger partial charge in [-0.25, -0.2) is 9.97 Å². The van der Waals surface area contributed by atoms with E-state index in [1.54, 1.807) is 18.0 Å². The van der Waals surface area contributed by atoms with Gasteiger partial charge in [-0.3, -0.25) is 0 Å². The summed E-state index contributed by atoms with van der Waals surface area (Å²) in [6.45, 7) is 5.21. The minimum atomic E-state index is 0.336. The fourth-order valence-corrected chi connectivity index (χ4v) is 2.59. The van der Waals surface area contributed by atoms with Crippen LogP contribution in [0.4, 0.5) is 0 Å². The van der Waals surface area contributed by atoms with Crippen LogP contribution in [0.2, 0.25) is 0 Å². The predicted molar refractivity (Wildman–Crippen MR) is 82.4 cm³/mol. The molecule has 2 aromatic rings. The fraction of sp³-hybridized carbons (Fsp3) is 0.286. The van der Waals surface area contributed by atoms with Crippen molar-refractivity contribution in [3.8, 4) is 0 Å². The minimum absolute atomic E-state index is 0.336. The van der Waals surface area contributed by atoms with Gasteiger partial charge in [0.05, 0.1) is 0 Å². The third-order valence-corrected chi connectivity index (χ3v) is 4.05. The van der Waals surface area contributed by atoms with Gasteiger partial charge < -0.3 is 5.32 Å². The maximum absolute atomic E-state index is 4.47. The van der Waals surface area contributed by atoms with Gasteiger partial charge in [-0.15, -0.1) is 0 Å². The SMILES string of the molecule is CCNC(C)c1ccc(Sc2ccc(Br)cn2)nc1. The van der Waals surface area contributed by atoms with Crippen molar-refractivity contribution in [2.75, 3.05) is 6.54 Å². The Morgan fingerprint density at radius 1 is 1.16 bits per heavy atom. The third-order valence-electron chi connectivity index (χ3n) is 2.68. The first kappa shape index (κ1) is 14.5. The number of nitrogens with one attached hydrogen (secondary N) is 1. The summed E-state index contributed by atoms with van der Waals surface area (Å²) < 4.78 is 0.986. The topological polar surface area (TPSA) is 37.8 Å². The lowest BCUT2D eigenvalue weighted by Crippen LogP contribution is -2.17. The molecule has 1 N–H and O–H groups in total. The molecule has 0 aromatic carbocycles. The van der Waals surface area contributed by atoms with Crippen molar-refractivity contribution in [2.24, 2.45) is 0 Å². The maximum atomic E-state index is 4.47. The number of hydrogen-bond donors (Lipinski definition) is 1. The zero-order valence-electron chi connectivity index (χ0n) is 10.9. The van der Waals surface area contributed by atoms with Crippen molar-refractivity contribution in [3.05, 3.63) is 46.7 Å². The average molecular weight is 338 g/mol. The van der Waals surface area contributed by atoms with Crippen LogP contribution in [0.5, 0.6) is 0 Å². The molecule has 0 radical (unpaired) electrons. The smallest absolute Gasteiger partial charge is 0.102 e. The van der Waals surface area contributed by atoms with Crippen molar-refractivity contribution < 1.29 is 0 Å². The maximum Gasteiger partial charge on any atom is 0.102 e. The van der Waals surface area contributed by atoms with Crippen LogP contribution in [0.3, 0.4) is 0 Å². The van der Waals surface area contributed by atoms with Crippen LogP contribution in [0.25, 0.3) is 0 Å².